The Morgan fingerprint density at radius 3 is 3.14 bits per heavy atom. The minimum absolute atomic E-state index is 0.110. The number of carbonyl (C=O) groups excluding carboxylic acids is 1. The van der Waals surface area contributed by atoms with Crippen LogP contribution in [0, 0.1) is 6.92 Å². The van der Waals surface area contributed by atoms with E-state index in [4.69, 9.17) is 4.52 Å². The van der Waals surface area contributed by atoms with Crippen molar-refractivity contribution in [1.29, 1.82) is 0 Å². The number of urea groups is 1. The lowest BCUT2D eigenvalue weighted by atomic mass is 10.0. The normalized spacial score (nSPS) is 18.4. The van der Waals surface area contributed by atoms with E-state index in [0.29, 0.717) is 31.3 Å². The minimum atomic E-state index is -0.138. The molecule has 3 rings (SSSR count). The lowest BCUT2D eigenvalue weighted by Gasteiger charge is -2.33. The van der Waals surface area contributed by atoms with Gasteiger partial charge in [0, 0.05) is 13.1 Å². The zero-order valence-corrected chi connectivity index (χ0v) is 12.5. The van der Waals surface area contributed by atoms with Crippen molar-refractivity contribution in [3.63, 3.8) is 0 Å². The number of hydrogen-bond donors (Lipinski definition) is 1. The van der Waals surface area contributed by atoms with Crippen LogP contribution < -0.4 is 5.32 Å². The molecule has 0 saturated carbocycles. The molecule has 1 atom stereocenters. The Hall–Kier alpha value is -2.45. The molecule has 1 saturated heterocycles. The Balaban J connectivity index is 1.59. The number of hydrogen-bond acceptors (Lipinski definition) is 6. The molecule has 1 fully saturated rings. The van der Waals surface area contributed by atoms with Crippen LogP contribution in [0.25, 0.3) is 0 Å². The van der Waals surface area contributed by atoms with Gasteiger partial charge >= 0.3 is 6.03 Å². The zero-order chi connectivity index (χ0) is 15.4. The molecule has 1 N–H and O–H groups in total. The van der Waals surface area contributed by atoms with Crippen molar-refractivity contribution < 1.29 is 9.32 Å². The van der Waals surface area contributed by atoms with Gasteiger partial charge in [0.25, 0.3) is 0 Å². The summed E-state index contributed by atoms with van der Waals surface area (Å²) in [7, 11) is 0. The van der Waals surface area contributed by atoms with E-state index in [1.165, 1.54) is 6.33 Å². The largest absolute Gasteiger partial charge is 0.337 e. The van der Waals surface area contributed by atoms with E-state index in [0.717, 1.165) is 19.3 Å². The molecule has 9 heteroatoms. The summed E-state index contributed by atoms with van der Waals surface area (Å²) in [5, 5.41) is 10.7. The van der Waals surface area contributed by atoms with Crippen LogP contribution in [-0.2, 0) is 6.54 Å². The zero-order valence-electron chi connectivity index (χ0n) is 12.5. The second-order valence-corrected chi connectivity index (χ2v) is 5.28. The first-order chi connectivity index (χ1) is 10.7. The third-order valence-corrected chi connectivity index (χ3v) is 3.68. The van der Waals surface area contributed by atoms with E-state index in [-0.39, 0.29) is 12.1 Å². The highest BCUT2D eigenvalue weighted by atomic mass is 16.5. The fourth-order valence-corrected chi connectivity index (χ4v) is 2.61. The van der Waals surface area contributed by atoms with Gasteiger partial charge in [-0.05, 0) is 26.2 Å². The number of aryl methyl sites for hydroxylation is 1. The molecule has 1 aliphatic rings. The highest BCUT2D eigenvalue weighted by molar-refractivity contribution is 5.74. The van der Waals surface area contributed by atoms with Crippen LogP contribution in [-0.4, -0.2) is 48.9 Å². The van der Waals surface area contributed by atoms with Gasteiger partial charge in [0.05, 0.1) is 6.54 Å². The van der Waals surface area contributed by atoms with Crippen molar-refractivity contribution >= 4 is 6.03 Å². The summed E-state index contributed by atoms with van der Waals surface area (Å²) in [5.41, 5.74) is 0. The smallest absolute Gasteiger partial charge is 0.318 e. The summed E-state index contributed by atoms with van der Waals surface area (Å²) in [4.78, 5) is 22.3. The van der Waals surface area contributed by atoms with Gasteiger partial charge in [-0.2, -0.15) is 10.1 Å². The molecule has 1 aliphatic heterocycles. The van der Waals surface area contributed by atoms with Crippen LogP contribution in [0.3, 0.4) is 0 Å². The first-order valence-corrected chi connectivity index (χ1v) is 7.41. The molecule has 118 valence electrons. The minimum Gasteiger partial charge on any atom is -0.337 e. The van der Waals surface area contributed by atoms with Crippen LogP contribution in [0.4, 0.5) is 4.79 Å². The molecule has 0 unspecified atom stereocenters. The molecule has 0 radical (unpaired) electrons. The summed E-state index contributed by atoms with van der Waals surface area (Å²) in [6.07, 6.45) is 5.98. The van der Waals surface area contributed by atoms with Crippen LogP contribution in [0.1, 0.15) is 37.0 Å². The summed E-state index contributed by atoms with van der Waals surface area (Å²) in [5.74, 6) is 1.11. The topological polar surface area (TPSA) is 102 Å². The molecular weight excluding hydrogens is 286 g/mol. The van der Waals surface area contributed by atoms with E-state index >= 15 is 0 Å². The van der Waals surface area contributed by atoms with Crippen molar-refractivity contribution in [2.24, 2.45) is 0 Å². The molecule has 0 aromatic carbocycles. The Kier molecular flexibility index (Phi) is 4.31. The quantitative estimate of drug-likeness (QED) is 0.900. The number of piperidine rings is 1. The maximum atomic E-state index is 12.4. The maximum Gasteiger partial charge on any atom is 0.318 e. The molecular formula is C13H19N7O2. The van der Waals surface area contributed by atoms with Crippen LogP contribution >= 0.6 is 0 Å². The Bertz CT molecular complexity index is 610. The fourth-order valence-electron chi connectivity index (χ4n) is 2.61. The van der Waals surface area contributed by atoms with Crippen molar-refractivity contribution in [2.45, 2.75) is 38.8 Å². The third-order valence-electron chi connectivity index (χ3n) is 3.68. The van der Waals surface area contributed by atoms with Gasteiger partial charge in [-0.25, -0.2) is 9.78 Å². The Labute approximate surface area is 127 Å². The predicted octanol–water partition coefficient (Wildman–Crippen LogP) is 0.906. The highest BCUT2D eigenvalue weighted by Gasteiger charge is 2.31. The molecule has 2 aromatic heterocycles. The number of aromatic nitrogens is 5. The Morgan fingerprint density at radius 1 is 1.50 bits per heavy atom. The van der Waals surface area contributed by atoms with E-state index in [9.17, 15) is 4.79 Å². The summed E-state index contributed by atoms with van der Waals surface area (Å²) in [6, 6.07) is -0.248. The SMILES string of the molecule is Cc1noc([C@@H]2CCCCN2C(=O)NCCn2cncn2)n1. The van der Waals surface area contributed by atoms with E-state index < -0.39 is 0 Å². The second-order valence-electron chi connectivity index (χ2n) is 5.28. The van der Waals surface area contributed by atoms with Gasteiger partial charge in [-0.3, -0.25) is 4.68 Å². The lowest BCUT2D eigenvalue weighted by molar-refractivity contribution is 0.132. The maximum absolute atomic E-state index is 12.4. The molecule has 9 nitrogen and oxygen atoms in total. The number of nitrogens with zero attached hydrogens (tertiary/aromatic N) is 6. The lowest BCUT2D eigenvalue weighted by Crippen LogP contribution is -2.45. The molecule has 22 heavy (non-hydrogen) atoms. The van der Waals surface area contributed by atoms with Crippen molar-refractivity contribution in [1.82, 2.24) is 35.1 Å². The molecule has 0 bridgehead atoms. The van der Waals surface area contributed by atoms with E-state index in [2.05, 4.69) is 25.5 Å². The monoisotopic (exact) mass is 305 g/mol. The fraction of sp³-hybridized carbons (Fsp3) is 0.615. The number of nitrogens with one attached hydrogen (secondary N) is 1. The van der Waals surface area contributed by atoms with Gasteiger partial charge in [0.1, 0.15) is 18.7 Å². The van der Waals surface area contributed by atoms with Crippen molar-refractivity contribution in [2.75, 3.05) is 13.1 Å². The summed E-state index contributed by atoms with van der Waals surface area (Å²) < 4.78 is 6.92. The predicted molar refractivity (Wildman–Crippen MR) is 75.8 cm³/mol. The van der Waals surface area contributed by atoms with E-state index in [1.807, 2.05) is 0 Å². The molecule has 2 aromatic rings. The summed E-state index contributed by atoms with van der Waals surface area (Å²) in [6.45, 7) is 3.55. The van der Waals surface area contributed by atoms with Crippen LogP contribution in [0.2, 0.25) is 0 Å². The summed E-state index contributed by atoms with van der Waals surface area (Å²) >= 11 is 0. The first kappa shape index (κ1) is 14.5. The molecule has 0 spiro atoms. The van der Waals surface area contributed by atoms with Crippen molar-refractivity contribution in [3.8, 4) is 0 Å². The first-order valence-electron chi connectivity index (χ1n) is 7.41. The number of carbonyl (C=O) groups is 1. The van der Waals surface area contributed by atoms with Crippen LogP contribution in [0.5, 0.6) is 0 Å². The van der Waals surface area contributed by atoms with Gasteiger partial charge in [0.15, 0.2) is 5.82 Å². The number of amides is 2. The van der Waals surface area contributed by atoms with Gasteiger partial charge < -0.3 is 14.7 Å². The Morgan fingerprint density at radius 2 is 2.41 bits per heavy atom. The molecule has 2 amide bonds. The average Bonchev–Trinajstić information content (AvgIpc) is 3.19. The van der Waals surface area contributed by atoms with Crippen LogP contribution in [0.15, 0.2) is 17.2 Å². The highest BCUT2D eigenvalue weighted by Crippen LogP contribution is 2.29. The standard InChI is InChI=1S/C13H19N7O2/c1-10-17-12(22-18-10)11-4-2-3-6-20(11)13(21)15-5-7-19-9-14-8-16-19/h8-9,11H,2-7H2,1H3,(H,15,21)/t11-/m0/s1. The molecule has 0 aliphatic carbocycles. The van der Waals surface area contributed by atoms with Gasteiger partial charge in [-0.15, -0.1) is 0 Å². The third kappa shape index (κ3) is 3.23. The van der Waals surface area contributed by atoms with Gasteiger partial charge in [-0.1, -0.05) is 5.16 Å². The van der Waals surface area contributed by atoms with Crippen molar-refractivity contribution in [3.05, 3.63) is 24.4 Å². The number of likely N-dealkylation sites (tertiary alicyclic amines) is 1. The molecule has 3 heterocycles. The second kappa shape index (κ2) is 6.54. The average molecular weight is 305 g/mol. The van der Waals surface area contributed by atoms with E-state index in [1.54, 1.807) is 22.8 Å². The van der Waals surface area contributed by atoms with Gasteiger partial charge in [0.2, 0.25) is 5.89 Å². The number of rotatable bonds is 4.